The Bertz CT molecular complexity index is 602. The van der Waals surface area contributed by atoms with Crippen LogP contribution in [0.4, 0.5) is 0 Å². The minimum absolute atomic E-state index is 0.151. The Hall–Kier alpha value is -1.09. The zero-order chi connectivity index (χ0) is 15.7. The van der Waals surface area contributed by atoms with Crippen LogP contribution >= 0.6 is 11.8 Å². The molecule has 0 bridgehead atoms. The lowest BCUT2D eigenvalue weighted by atomic mass is 10.1. The van der Waals surface area contributed by atoms with Crippen LogP contribution in [0.25, 0.3) is 0 Å². The molecule has 0 aliphatic heterocycles. The second-order valence-corrected chi connectivity index (χ2v) is 8.81. The summed E-state index contributed by atoms with van der Waals surface area (Å²) in [5.74, 6) is -0.786. The van der Waals surface area contributed by atoms with E-state index in [1.165, 1.54) is 0 Å². The van der Waals surface area contributed by atoms with Crippen molar-refractivity contribution < 1.29 is 18.3 Å². The maximum Gasteiger partial charge on any atom is 0.313 e. The molecule has 0 saturated heterocycles. The number of hydrogen-bond acceptors (Lipinski definition) is 6. The zero-order valence-corrected chi connectivity index (χ0v) is 13.7. The number of carboxylic acid groups (broad SMARTS) is 1. The second kappa shape index (κ2) is 5.72. The van der Waals surface area contributed by atoms with Crippen molar-refractivity contribution >= 4 is 27.6 Å². The third kappa shape index (κ3) is 3.95. The molecule has 1 atom stereocenters. The van der Waals surface area contributed by atoms with Crippen LogP contribution in [0.3, 0.4) is 0 Å². The van der Waals surface area contributed by atoms with Gasteiger partial charge in [-0.15, -0.1) is 10.2 Å². The Morgan fingerprint density at radius 2 is 1.95 bits per heavy atom. The molecule has 0 aliphatic carbocycles. The highest BCUT2D eigenvalue weighted by molar-refractivity contribution is 7.99. The first-order chi connectivity index (χ1) is 8.94. The number of thioether (sulfide) groups is 1. The van der Waals surface area contributed by atoms with Crippen molar-refractivity contribution in [1.29, 1.82) is 0 Å². The van der Waals surface area contributed by atoms with E-state index < -0.39 is 26.6 Å². The predicted octanol–water partition coefficient (Wildman–Crippen LogP) is 1.32. The summed E-state index contributed by atoms with van der Waals surface area (Å²) in [5, 5.41) is 16.2. The van der Waals surface area contributed by atoms with Gasteiger partial charge in [-0.05, 0) is 27.7 Å². The summed E-state index contributed by atoms with van der Waals surface area (Å²) in [7, 11) is -3.31. The summed E-state index contributed by atoms with van der Waals surface area (Å²) in [6.45, 7) is 7.21. The first kappa shape index (κ1) is 17.0. The first-order valence-electron chi connectivity index (χ1n) is 5.94. The minimum Gasteiger partial charge on any atom is -0.481 e. The van der Waals surface area contributed by atoms with Gasteiger partial charge in [0, 0.05) is 11.8 Å². The molecule has 0 aliphatic rings. The van der Waals surface area contributed by atoms with Crippen molar-refractivity contribution in [2.75, 3.05) is 12.0 Å². The lowest BCUT2D eigenvalue weighted by molar-refractivity contribution is -0.133. The van der Waals surface area contributed by atoms with Crippen molar-refractivity contribution in [3.05, 3.63) is 5.82 Å². The highest BCUT2D eigenvalue weighted by Gasteiger charge is 2.30. The van der Waals surface area contributed by atoms with Gasteiger partial charge in [-0.2, -0.15) is 0 Å². The average molecular weight is 321 g/mol. The fourth-order valence-electron chi connectivity index (χ4n) is 1.59. The molecule has 1 unspecified atom stereocenters. The van der Waals surface area contributed by atoms with Gasteiger partial charge < -0.3 is 5.11 Å². The monoisotopic (exact) mass is 321 g/mol. The van der Waals surface area contributed by atoms with Gasteiger partial charge in [0.15, 0.2) is 20.8 Å². The first-order valence-corrected chi connectivity index (χ1v) is 8.88. The standard InChI is InChI=1S/C11H19N3O4S2/c1-7(20(5,17)18)9-12-13-10(19-6-8(15)16)14(9)11(2,3)4/h7H,6H2,1-5H3,(H,15,16). The highest BCUT2D eigenvalue weighted by atomic mass is 32.2. The summed E-state index contributed by atoms with van der Waals surface area (Å²) < 4.78 is 25.1. The van der Waals surface area contributed by atoms with E-state index in [0.717, 1.165) is 18.0 Å². The number of sulfone groups is 1. The molecule has 0 saturated carbocycles. The van der Waals surface area contributed by atoms with E-state index in [9.17, 15) is 13.2 Å². The van der Waals surface area contributed by atoms with Gasteiger partial charge in [0.1, 0.15) is 5.25 Å². The van der Waals surface area contributed by atoms with Crippen LogP contribution in [0.1, 0.15) is 38.8 Å². The molecule has 9 heteroatoms. The number of rotatable bonds is 5. The molecule has 1 aromatic rings. The van der Waals surface area contributed by atoms with Crippen LogP contribution in [0.2, 0.25) is 0 Å². The highest BCUT2D eigenvalue weighted by Crippen LogP contribution is 2.30. The summed E-state index contributed by atoms with van der Waals surface area (Å²) in [5.41, 5.74) is -0.446. The van der Waals surface area contributed by atoms with E-state index >= 15 is 0 Å². The Morgan fingerprint density at radius 3 is 2.35 bits per heavy atom. The van der Waals surface area contributed by atoms with Crippen molar-refractivity contribution in [3.8, 4) is 0 Å². The van der Waals surface area contributed by atoms with Crippen molar-refractivity contribution in [1.82, 2.24) is 14.8 Å². The molecule has 1 aromatic heterocycles. The van der Waals surface area contributed by atoms with Gasteiger partial charge in [0.05, 0.1) is 5.75 Å². The van der Waals surface area contributed by atoms with E-state index in [-0.39, 0.29) is 5.75 Å². The molecular formula is C11H19N3O4S2. The summed E-state index contributed by atoms with van der Waals surface area (Å²) in [4.78, 5) is 10.7. The van der Waals surface area contributed by atoms with Gasteiger partial charge in [0.2, 0.25) is 0 Å². The molecule has 1 rings (SSSR count). The van der Waals surface area contributed by atoms with Crippen LogP contribution < -0.4 is 0 Å². The van der Waals surface area contributed by atoms with Gasteiger partial charge in [-0.25, -0.2) is 8.42 Å². The van der Waals surface area contributed by atoms with E-state index in [0.29, 0.717) is 11.0 Å². The molecule has 7 nitrogen and oxygen atoms in total. The molecule has 114 valence electrons. The third-order valence-corrected chi connectivity index (χ3v) is 5.07. The number of carbonyl (C=O) groups is 1. The number of carboxylic acids is 1. The smallest absolute Gasteiger partial charge is 0.313 e. The SMILES string of the molecule is CC(c1nnc(SCC(=O)O)n1C(C)(C)C)S(C)(=O)=O. The Kier molecular flexibility index (Phi) is 4.86. The molecule has 20 heavy (non-hydrogen) atoms. The largest absolute Gasteiger partial charge is 0.481 e. The van der Waals surface area contributed by atoms with Crippen LogP contribution in [-0.4, -0.2) is 46.3 Å². The molecular weight excluding hydrogens is 302 g/mol. The van der Waals surface area contributed by atoms with Gasteiger partial charge in [-0.1, -0.05) is 11.8 Å². The quantitative estimate of drug-likeness (QED) is 0.816. The molecule has 0 amide bonds. The summed E-state index contributed by atoms with van der Waals surface area (Å²) in [6, 6.07) is 0. The third-order valence-electron chi connectivity index (χ3n) is 2.66. The van der Waals surface area contributed by atoms with Gasteiger partial charge in [0.25, 0.3) is 0 Å². The van der Waals surface area contributed by atoms with Crippen LogP contribution in [0, 0.1) is 0 Å². The van der Waals surface area contributed by atoms with Gasteiger partial charge >= 0.3 is 5.97 Å². The molecule has 0 fully saturated rings. The Balaban J connectivity index is 3.30. The molecule has 0 radical (unpaired) electrons. The molecule has 0 aromatic carbocycles. The predicted molar refractivity (Wildman–Crippen MR) is 76.6 cm³/mol. The van der Waals surface area contributed by atoms with E-state index in [1.807, 2.05) is 20.8 Å². The van der Waals surface area contributed by atoms with Crippen LogP contribution in [-0.2, 0) is 20.2 Å². The lowest BCUT2D eigenvalue weighted by Gasteiger charge is -2.26. The number of hydrogen-bond donors (Lipinski definition) is 1. The van der Waals surface area contributed by atoms with Crippen molar-refractivity contribution in [2.24, 2.45) is 0 Å². The Labute approximate surface area is 122 Å². The van der Waals surface area contributed by atoms with Crippen molar-refractivity contribution in [3.63, 3.8) is 0 Å². The molecule has 1 heterocycles. The number of nitrogens with zero attached hydrogens (tertiary/aromatic N) is 3. The fourth-order valence-corrected chi connectivity index (χ4v) is 2.97. The summed E-state index contributed by atoms with van der Waals surface area (Å²) in [6.07, 6.45) is 1.14. The van der Waals surface area contributed by atoms with Gasteiger partial charge in [-0.3, -0.25) is 9.36 Å². The zero-order valence-electron chi connectivity index (χ0n) is 12.1. The Morgan fingerprint density at radius 1 is 1.40 bits per heavy atom. The van der Waals surface area contributed by atoms with E-state index in [2.05, 4.69) is 10.2 Å². The van der Waals surface area contributed by atoms with Crippen molar-refractivity contribution in [2.45, 2.75) is 43.6 Å². The maximum atomic E-state index is 11.7. The van der Waals surface area contributed by atoms with Crippen LogP contribution in [0.5, 0.6) is 0 Å². The molecule has 1 N–H and O–H groups in total. The summed E-state index contributed by atoms with van der Waals surface area (Å²) >= 11 is 1.03. The minimum atomic E-state index is -3.31. The lowest BCUT2D eigenvalue weighted by Crippen LogP contribution is -2.27. The fraction of sp³-hybridized carbons (Fsp3) is 0.727. The van der Waals surface area contributed by atoms with Crippen LogP contribution in [0.15, 0.2) is 5.16 Å². The number of aromatic nitrogens is 3. The van der Waals surface area contributed by atoms with E-state index in [1.54, 1.807) is 11.5 Å². The normalized spacial score (nSPS) is 14.2. The second-order valence-electron chi connectivity index (χ2n) is 5.50. The maximum absolute atomic E-state index is 11.7. The topological polar surface area (TPSA) is 102 Å². The molecule has 0 spiro atoms. The number of aliphatic carboxylic acids is 1. The van der Waals surface area contributed by atoms with E-state index in [4.69, 9.17) is 5.11 Å². The average Bonchev–Trinajstić information content (AvgIpc) is 2.66.